The summed E-state index contributed by atoms with van der Waals surface area (Å²) in [6, 6.07) is 16.9. The lowest BCUT2D eigenvalue weighted by atomic mass is 10.1. The van der Waals surface area contributed by atoms with Crippen LogP contribution in [0.25, 0.3) is 17.0 Å². The van der Waals surface area contributed by atoms with Gasteiger partial charge in [0.15, 0.2) is 11.4 Å². The van der Waals surface area contributed by atoms with E-state index in [9.17, 15) is 4.79 Å². The number of benzene rings is 1. The number of hydrogen-bond acceptors (Lipinski definition) is 6. The number of hydrogen-bond donors (Lipinski definition) is 0. The molecule has 0 saturated heterocycles. The maximum Gasteiger partial charge on any atom is 0.212 e. The summed E-state index contributed by atoms with van der Waals surface area (Å²) < 4.78 is 1.65. The van der Waals surface area contributed by atoms with Crippen molar-refractivity contribution in [2.75, 3.05) is 5.75 Å². The van der Waals surface area contributed by atoms with E-state index < -0.39 is 0 Å². The first-order chi connectivity index (χ1) is 12.7. The van der Waals surface area contributed by atoms with E-state index in [2.05, 4.69) is 20.3 Å². The van der Waals surface area contributed by atoms with E-state index in [-0.39, 0.29) is 11.5 Å². The van der Waals surface area contributed by atoms with Crippen molar-refractivity contribution in [1.29, 1.82) is 0 Å². The van der Waals surface area contributed by atoms with Crippen molar-refractivity contribution in [3.05, 3.63) is 71.9 Å². The summed E-state index contributed by atoms with van der Waals surface area (Å²) >= 11 is 1.32. The molecule has 0 radical (unpaired) electrons. The van der Waals surface area contributed by atoms with Crippen LogP contribution in [0, 0.1) is 6.92 Å². The average molecular weight is 361 g/mol. The van der Waals surface area contributed by atoms with Gasteiger partial charge in [-0.3, -0.25) is 9.78 Å². The van der Waals surface area contributed by atoms with Gasteiger partial charge in [-0.05, 0) is 31.2 Å². The minimum atomic E-state index is 0.0487. The van der Waals surface area contributed by atoms with Crippen LogP contribution in [0.4, 0.5) is 0 Å². The molecule has 0 bridgehead atoms. The fourth-order valence-electron chi connectivity index (χ4n) is 2.46. The van der Waals surface area contributed by atoms with Gasteiger partial charge in [-0.2, -0.15) is 9.61 Å². The summed E-state index contributed by atoms with van der Waals surface area (Å²) in [5, 5.41) is 13.4. The normalized spacial score (nSPS) is 11.0. The highest BCUT2D eigenvalue weighted by Crippen LogP contribution is 2.20. The quantitative estimate of drug-likeness (QED) is 0.400. The zero-order chi connectivity index (χ0) is 17.9. The van der Waals surface area contributed by atoms with Crippen molar-refractivity contribution in [3.8, 4) is 11.4 Å². The summed E-state index contributed by atoms with van der Waals surface area (Å²) in [5.41, 5.74) is 3.96. The maximum absolute atomic E-state index is 12.4. The van der Waals surface area contributed by atoms with Crippen molar-refractivity contribution in [1.82, 2.24) is 24.8 Å². The Hall–Kier alpha value is -3.06. The van der Waals surface area contributed by atoms with E-state index in [4.69, 9.17) is 0 Å². The van der Waals surface area contributed by atoms with Crippen LogP contribution in [-0.2, 0) is 0 Å². The molecule has 3 aromatic heterocycles. The minimum Gasteiger partial charge on any atom is -0.293 e. The molecule has 26 heavy (non-hydrogen) atoms. The number of carbonyl (C=O) groups is 1. The molecule has 0 saturated carbocycles. The van der Waals surface area contributed by atoms with Crippen molar-refractivity contribution in [2.45, 2.75) is 12.1 Å². The standard InChI is InChI=1S/C19H15N5OS/c1-13-5-7-14(8-6-13)17(25)12-26-19-22-21-18-10-9-16(23-24(18)19)15-4-2-3-11-20-15/h2-11H,12H2,1H3. The molecule has 0 unspecified atom stereocenters. The van der Waals surface area contributed by atoms with Gasteiger partial charge in [0.25, 0.3) is 0 Å². The molecular weight excluding hydrogens is 346 g/mol. The van der Waals surface area contributed by atoms with Crippen molar-refractivity contribution >= 4 is 23.2 Å². The molecule has 0 N–H and O–H groups in total. The smallest absolute Gasteiger partial charge is 0.212 e. The molecule has 0 aliphatic carbocycles. The molecular formula is C19H15N5OS. The van der Waals surface area contributed by atoms with Crippen LogP contribution in [0.2, 0.25) is 0 Å². The van der Waals surface area contributed by atoms with Crippen LogP contribution in [0.5, 0.6) is 0 Å². The Labute approximate surface area is 154 Å². The van der Waals surface area contributed by atoms with E-state index in [0.717, 1.165) is 17.0 Å². The van der Waals surface area contributed by atoms with Gasteiger partial charge < -0.3 is 0 Å². The van der Waals surface area contributed by atoms with Crippen LogP contribution >= 0.6 is 11.8 Å². The SMILES string of the molecule is Cc1ccc(C(=O)CSc2nnc3ccc(-c4ccccn4)nn23)cc1. The lowest BCUT2D eigenvalue weighted by Crippen LogP contribution is -2.04. The number of ketones is 1. The van der Waals surface area contributed by atoms with Gasteiger partial charge in [-0.15, -0.1) is 10.2 Å². The van der Waals surface area contributed by atoms with Gasteiger partial charge in [0.05, 0.1) is 11.4 Å². The van der Waals surface area contributed by atoms with Crippen LogP contribution in [0.1, 0.15) is 15.9 Å². The van der Waals surface area contributed by atoms with E-state index in [1.54, 1.807) is 10.7 Å². The third-order valence-electron chi connectivity index (χ3n) is 3.87. The predicted molar refractivity (Wildman–Crippen MR) is 100 cm³/mol. The lowest BCUT2D eigenvalue weighted by molar-refractivity contribution is 0.102. The highest BCUT2D eigenvalue weighted by Gasteiger charge is 2.13. The summed E-state index contributed by atoms with van der Waals surface area (Å²) in [6.07, 6.45) is 1.73. The Bertz CT molecular complexity index is 1060. The molecule has 0 amide bonds. The van der Waals surface area contributed by atoms with E-state index in [0.29, 0.717) is 16.4 Å². The van der Waals surface area contributed by atoms with Gasteiger partial charge in [-0.25, -0.2) is 0 Å². The van der Waals surface area contributed by atoms with Crippen molar-refractivity contribution in [2.24, 2.45) is 0 Å². The first kappa shape index (κ1) is 16.4. The Morgan fingerprint density at radius 2 is 1.85 bits per heavy atom. The molecule has 0 fully saturated rings. The Morgan fingerprint density at radius 1 is 1.00 bits per heavy atom. The first-order valence-electron chi connectivity index (χ1n) is 8.07. The zero-order valence-corrected chi connectivity index (χ0v) is 14.8. The molecule has 7 heteroatoms. The highest BCUT2D eigenvalue weighted by atomic mass is 32.2. The molecule has 0 aliphatic heterocycles. The molecule has 0 spiro atoms. The Kier molecular flexibility index (Phi) is 4.45. The second-order valence-corrected chi connectivity index (χ2v) is 6.71. The van der Waals surface area contributed by atoms with E-state index in [1.807, 2.05) is 61.5 Å². The third-order valence-corrected chi connectivity index (χ3v) is 4.79. The van der Waals surface area contributed by atoms with E-state index in [1.165, 1.54) is 11.8 Å². The summed E-state index contributed by atoms with van der Waals surface area (Å²) in [4.78, 5) is 16.7. The molecule has 3 heterocycles. The molecule has 0 atom stereocenters. The van der Waals surface area contributed by atoms with Gasteiger partial charge in [0.2, 0.25) is 5.16 Å². The van der Waals surface area contributed by atoms with Crippen LogP contribution in [0.3, 0.4) is 0 Å². The number of thioether (sulfide) groups is 1. The number of carbonyl (C=O) groups excluding carboxylic acids is 1. The number of fused-ring (bicyclic) bond motifs is 1. The minimum absolute atomic E-state index is 0.0487. The van der Waals surface area contributed by atoms with Crippen LogP contribution in [-0.4, -0.2) is 36.3 Å². The lowest BCUT2D eigenvalue weighted by Gasteiger charge is -2.03. The average Bonchev–Trinajstić information content (AvgIpc) is 3.09. The Balaban J connectivity index is 1.57. The van der Waals surface area contributed by atoms with Gasteiger partial charge in [-0.1, -0.05) is 47.7 Å². The number of nitrogens with zero attached hydrogens (tertiary/aromatic N) is 5. The van der Waals surface area contributed by atoms with E-state index >= 15 is 0 Å². The largest absolute Gasteiger partial charge is 0.293 e. The number of rotatable bonds is 5. The maximum atomic E-state index is 12.4. The van der Waals surface area contributed by atoms with Crippen molar-refractivity contribution in [3.63, 3.8) is 0 Å². The fourth-order valence-corrected chi connectivity index (χ4v) is 3.25. The molecule has 128 valence electrons. The summed E-state index contributed by atoms with van der Waals surface area (Å²) in [6.45, 7) is 2.00. The Morgan fingerprint density at radius 3 is 2.62 bits per heavy atom. The first-order valence-corrected chi connectivity index (χ1v) is 9.06. The molecule has 4 aromatic rings. The highest BCUT2D eigenvalue weighted by molar-refractivity contribution is 7.99. The number of aromatic nitrogens is 5. The van der Waals surface area contributed by atoms with Crippen LogP contribution < -0.4 is 0 Å². The topological polar surface area (TPSA) is 73.0 Å². The summed E-state index contributed by atoms with van der Waals surface area (Å²) in [5.74, 6) is 0.326. The monoisotopic (exact) mass is 361 g/mol. The second-order valence-electron chi connectivity index (χ2n) is 5.76. The van der Waals surface area contributed by atoms with Crippen molar-refractivity contribution < 1.29 is 4.79 Å². The van der Waals surface area contributed by atoms with Gasteiger partial charge >= 0.3 is 0 Å². The summed E-state index contributed by atoms with van der Waals surface area (Å²) in [7, 11) is 0. The van der Waals surface area contributed by atoms with Crippen LogP contribution in [0.15, 0.2) is 66.0 Å². The molecule has 4 rings (SSSR count). The second kappa shape index (κ2) is 7.05. The fraction of sp³-hybridized carbons (Fsp3) is 0.105. The molecule has 1 aromatic carbocycles. The number of Topliss-reactive ketones (excluding diaryl/α,β-unsaturated/α-hetero) is 1. The van der Waals surface area contributed by atoms with Gasteiger partial charge in [0.1, 0.15) is 5.69 Å². The zero-order valence-electron chi connectivity index (χ0n) is 14.0. The molecule has 0 aliphatic rings. The van der Waals surface area contributed by atoms with Gasteiger partial charge in [0, 0.05) is 11.8 Å². The third kappa shape index (κ3) is 3.34. The molecule has 6 nitrogen and oxygen atoms in total. The predicted octanol–water partition coefficient (Wildman–Crippen LogP) is 3.47. The number of aryl methyl sites for hydroxylation is 1. The number of pyridine rings is 1.